The highest BCUT2D eigenvalue weighted by Gasteiger charge is 2.24. The molecular formula is C17H22N2O4. The molecule has 6 nitrogen and oxygen atoms in total. The van der Waals surface area contributed by atoms with Crippen LogP contribution in [0.25, 0.3) is 0 Å². The second kappa shape index (κ2) is 6.89. The van der Waals surface area contributed by atoms with Gasteiger partial charge in [0.05, 0.1) is 6.42 Å². The minimum Gasteiger partial charge on any atom is -0.454 e. The molecule has 2 aliphatic heterocycles. The molecule has 124 valence electrons. The summed E-state index contributed by atoms with van der Waals surface area (Å²) in [5, 5.41) is 0. The van der Waals surface area contributed by atoms with Crippen LogP contribution in [0.5, 0.6) is 11.5 Å². The number of fused-ring (bicyclic) bond motifs is 1. The van der Waals surface area contributed by atoms with E-state index in [2.05, 4.69) is 0 Å². The van der Waals surface area contributed by atoms with Gasteiger partial charge in [-0.1, -0.05) is 13.0 Å². The van der Waals surface area contributed by atoms with Gasteiger partial charge in [-0.3, -0.25) is 9.59 Å². The zero-order chi connectivity index (χ0) is 16.2. The Kier molecular flexibility index (Phi) is 4.69. The number of benzene rings is 1. The molecule has 3 rings (SSSR count). The number of carbonyl (C=O) groups is 2. The number of carbonyl (C=O) groups excluding carboxylic acids is 2. The third kappa shape index (κ3) is 3.57. The summed E-state index contributed by atoms with van der Waals surface area (Å²) in [6.07, 6.45) is 1.80. The van der Waals surface area contributed by atoms with Gasteiger partial charge < -0.3 is 19.3 Å². The molecule has 6 heteroatoms. The molecule has 1 fully saturated rings. The van der Waals surface area contributed by atoms with Crippen molar-refractivity contribution in [2.24, 2.45) is 0 Å². The van der Waals surface area contributed by atoms with E-state index in [1.54, 1.807) is 0 Å². The highest BCUT2D eigenvalue weighted by Crippen LogP contribution is 2.32. The number of ether oxygens (including phenoxy) is 2. The molecule has 2 aliphatic rings. The SMILES string of the molecule is CCCC(=O)N1CCN(C(=O)Cc2ccc3c(c2)OCO3)CC1. The molecule has 2 amide bonds. The van der Waals surface area contributed by atoms with Crippen molar-refractivity contribution in [1.82, 2.24) is 9.80 Å². The van der Waals surface area contributed by atoms with E-state index >= 15 is 0 Å². The molecule has 2 heterocycles. The summed E-state index contributed by atoms with van der Waals surface area (Å²) in [5.74, 6) is 1.70. The summed E-state index contributed by atoms with van der Waals surface area (Å²) in [7, 11) is 0. The lowest BCUT2D eigenvalue weighted by molar-refractivity contribution is -0.139. The molecule has 0 radical (unpaired) electrons. The van der Waals surface area contributed by atoms with Gasteiger partial charge in [-0.15, -0.1) is 0 Å². The summed E-state index contributed by atoms with van der Waals surface area (Å²) in [4.78, 5) is 28.0. The summed E-state index contributed by atoms with van der Waals surface area (Å²) in [6.45, 7) is 4.72. The maximum atomic E-state index is 12.4. The second-order valence-electron chi connectivity index (χ2n) is 5.88. The first-order valence-electron chi connectivity index (χ1n) is 8.11. The number of piperazine rings is 1. The van der Waals surface area contributed by atoms with E-state index in [1.807, 2.05) is 34.9 Å². The fraction of sp³-hybridized carbons (Fsp3) is 0.529. The van der Waals surface area contributed by atoms with Crippen molar-refractivity contribution in [2.75, 3.05) is 33.0 Å². The molecule has 0 bridgehead atoms. The van der Waals surface area contributed by atoms with Crippen LogP contribution in [0.4, 0.5) is 0 Å². The monoisotopic (exact) mass is 318 g/mol. The Hall–Kier alpha value is -2.24. The van der Waals surface area contributed by atoms with Gasteiger partial charge in [0.1, 0.15) is 0 Å². The molecule has 0 unspecified atom stereocenters. The third-order valence-corrected chi connectivity index (χ3v) is 4.24. The number of rotatable bonds is 4. The Morgan fingerprint density at radius 2 is 1.65 bits per heavy atom. The predicted octanol–water partition coefficient (Wildman–Crippen LogP) is 1.43. The molecule has 1 saturated heterocycles. The van der Waals surface area contributed by atoms with Crippen molar-refractivity contribution in [1.29, 1.82) is 0 Å². The van der Waals surface area contributed by atoms with Crippen molar-refractivity contribution in [2.45, 2.75) is 26.2 Å². The van der Waals surface area contributed by atoms with E-state index < -0.39 is 0 Å². The lowest BCUT2D eigenvalue weighted by atomic mass is 10.1. The fourth-order valence-corrected chi connectivity index (χ4v) is 2.91. The van der Waals surface area contributed by atoms with Gasteiger partial charge in [-0.05, 0) is 24.1 Å². The first-order chi connectivity index (χ1) is 11.2. The van der Waals surface area contributed by atoms with E-state index in [1.165, 1.54) is 0 Å². The molecule has 1 aromatic rings. The van der Waals surface area contributed by atoms with Crippen molar-refractivity contribution < 1.29 is 19.1 Å². The Morgan fingerprint density at radius 3 is 2.35 bits per heavy atom. The van der Waals surface area contributed by atoms with Gasteiger partial charge in [-0.2, -0.15) is 0 Å². The molecule has 0 atom stereocenters. The van der Waals surface area contributed by atoms with Crippen LogP contribution in [0.3, 0.4) is 0 Å². The van der Waals surface area contributed by atoms with Gasteiger partial charge in [-0.25, -0.2) is 0 Å². The van der Waals surface area contributed by atoms with Gasteiger partial charge in [0, 0.05) is 32.6 Å². The van der Waals surface area contributed by atoms with E-state index in [0.717, 1.165) is 17.7 Å². The smallest absolute Gasteiger partial charge is 0.231 e. The van der Waals surface area contributed by atoms with Crippen LogP contribution in [0.2, 0.25) is 0 Å². The van der Waals surface area contributed by atoms with Crippen molar-refractivity contribution >= 4 is 11.8 Å². The molecule has 0 N–H and O–H groups in total. The standard InChI is InChI=1S/C17H22N2O4/c1-2-3-16(20)18-6-8-19(9-7-18)17(21)11-13-4-5-14-15(10-13)23-12-22-14/h4-5,10H,2-3,6-9,11-12H2,1H3. The largest absolute Gasteiger partial charge is 0.454 e. The van der Waals surface area contributed by atoms with E-state index in [9.17, 15) is 9.59 Å². The first-order valence-corrected chi connectivity index (χ1v) is 8.11. The molecule has 0 aromatic heterocycles. The van der Waals surface area contributed by atoms with E-state index in [4.69, 9.17) is 9.47 Å². The summed E-state index contributed by atoms with van der Waals surface area (Å²) >= 11 is 0. The number of hydrogen-bond donors (Lipinski definition) is 0. The summed E-state index contributed by atoms with van der Waals surface area (Å²) < 4.78 is 10.6. The number of nitrogens with zero attached hydrogens (tertiary/aromatic N) is 2. The molecule has 0 spiro atoms. The Morgan fingerprint density at radius 1 is 1.00 bits per heavy atom. The summed E-state index contributed by atoms with van der Waals surface area (Å²) in [6, 6.07) is 5.60. The average Bonchev–Trinajstić information content (AvgIpc) is 3.03. The third-order valence-electron chi connectivity index (χ3n) is 4.24. The average molecular weight is 318 g/mol. The van der Waals surface area contributed by atoms with Gasteiger partial charge in [0.15, 0.2) is 11.5 Å². The number of amides is 2. The molecule has 0 aliphatic carbocycles. The second-order valence-corrected chi connectivity index (χ2v) is 5.88. The zero-order valence-corrected chi connectivity index (χ0v) is 13.4. The van der Waals surface area contributed by atoms with Crippen molar-refractivity contribution in [3.05, 3.63) is 23.8 Å². The first kappa shape index (κ1) is 15.6. The minimum absolute atomic E-state index is 0.0893. The highest BCUT2D eigenvalue weighted by molar-refractivity contribution is 5.80. The maximum absolute atomic E-state index is 12.4. The fourth-order valence-electron chi connectivity index (χ4n) is 2.91. The minimum atomic E-state index is 0.0893. The lowest BCUT2D eigenvalue weighted by Crippen LogP contribution is -2.50. The quantitative estimate of drug-likeness (QED) is 0.843. The number of hydrogen-bond acceptors (Lipinski definition) is 4. The van der Waals surface area contributed by atoms with Crippen LogP contribution in [-0.4, -0.2) is 54.6 Å². The predicted molar refractivity (Wildman–Crippen MR) is 84.3 cm³/mol. The molecular weight excluding hydrogens is 296 g/mol. The van der Waals surface area contributed by atoms with Gasteiger partial charge >= 0.3 is 0 Å². The van der Waals surface area contributed by atoms with Crippen LogP contribution < -0.4 is 9.47 Å². The van der Waals surface area contributed by atoms with Crippen LogP contribution in [0, 0.1) is 0 Å². The van der Waals surface area contributed by atoms with E-state index in [-0.39, 0.29) is 18.6 Å². The summed E-state index contributed by atoms with van der Waals surface area (Å²) in [5.41, 5.74) is 0.920. The van der Waals surface area contributed by atoms with Crippen LogP contribution in [0.1, 0.15) is 25.3 Å². The van der Waals surface area contributed by atoms with Crippen molar-refractivity contribution in [3.63, 3.8) is 0 Å². The Labute approximate surface area is 136 Å². The molecule has 0 saturated carbocycles. The van der Waals surface area contributed by atoms with Gasteiger partial charge in [0.2, 0.25) is 18.6 Å². The van der Waals surface area contributed by atoms with E-state index in [0.29, 0.717) is 44.8 Å². The van der Waals surface area contributed by atoms with Crippen LogP contribution >= 0.6 is 0 Å². The molecule has 1 aromatic carbocycles. The molecule has 23 heavy (non-hydrogen) atoms. The maximum Gasteiger partial charge on any atom is 0.231 e. The highest BCUT2D eigenvalue weighted by atomic mass is 16.7. The topological polar surface area (TPSA) is 59.1 Å². The normalized spacial score (nSPS) is 16.6. The van der Waals surface area contributed by atoms with Crippen molar-refractivity contribution in [3.8, 4) is 11.5 Å². The Balaban J connectivity index is 1.53. The lowest BCUT2D eigenvalue weighted by Gasteiger charge is -2.35. The zero-order valence-electron chi connectivity index (χ0n) is 13.4. The van der Waals surface area contributed by atoms with Crippen LogP contribution in [0.15, 0.2) is 18.2 Å². The van der Waals surface area contributed by atoms with Gasteiger partial charge in [0.25, 0.3) is 0 Å². The Bertz CT molecular complexity index is 594. The van der Waals surface area contributed by atoms with Crippen LogP contribution in [-0.2, 0) is 16.0 Å².